The number of halogens is 2. The summed E-state index contributed by atoms with van der Waals surface area (Å²) < 4.78 is 0.728. The molecule has 0 radical (unpaired) electrons. The topological polar surface area (TPSA) is 54.5 Å². The Bertz CT molecular complexity index is 431. The van der Waals surface area contributed by atoms with Crippen LogP contribution in [0.1, 0.15) is 5.69 Å². The highest BCUT2D eigenvalue weighted by Crippen LogP contribution is 2.25. The number of aromatic amines is 1. The van der Waals surface area contributed by atoms with E-state index in [0.717, 1.165) is 15.7 Å². The molecule has 0 aromatic carbocycles. The fourth-order valence-corrected chi connectivity index (χ4v) is 1.42. The number of hydrogen-bond acceptors (Lipinski definition) is 3. The molecule has 14 heavy (non-hydrogen) atoms. The van der Waals surface area contributed by atoms with Gasteiger partial charge in [-0.05, 0) is 22.9 Å². The molecule has 0 saturated heterocycles. The van der Waals surface area contributed by atoms with E-state index in [0.29, 0.717) is 11.0 Å². The predicted octanol–water partition coefficient (Wildman–Crippen LogP) is 2.59. The van der Waals surface area contributed by atoms with Crippen molar-refractivity contribution in [3.8, 4) is 11.4 Å². The molecule has 72 valence electrons. The molecule has 2 rings (SSSR count). The van der Waals surface area contributed by atoms with Crippen molar-refractivity contribution in [2.75, 3.05) is 0 Å². The Morgan fingerprint density at radius 2 is 2.21 bits per heavy atom. The third-order valence-electron chi connectivity index (χ3n) is 1.73. The molecule has 0 aliphatic rings. The molecule has 4 nitrogen and oxygen atoms in total. The fourth-order valence-electron chi connectivity index (χ4n) is 1.03. The van der Waals surface area contributed by atoms with Gasteiger partial charge in [-0.1, -0.05) is 11.6 Å². The number of nitrogens with one attached hydrogen (secondary N) is 1. The Labute approximate surface area is 93.9 Å². The molecule has 0 aliphatic heterocycles. The van der Waals surface area contributed by atoms with E-state index >= 15 is 0 Å². The van der Waals surface area contributed by atoms with E-state index in [1.165, 1.54) is 0 Å². The largest absolute Gasteiger partial charge is 0.285 e. The lowest BCUT2D eigenvalue weighted by molar-refractivity contribution is 1.09. The molecular weight excluding hydrogens is 267 g/mol. The standard InChI is InChI=1S/C8H6BrClN4/c1-4-6(9)7(10)14-8(13-4)5-2-11-12-3-5/h2-3H,1H3,(H,11,12). The minimum absolute atomic E-state index is 0.411. The van der Waals surface area contributed by atoms with Crippen molar-refractivity contribution in [2.45, 2.75) is 6.92 Å². The molecule has 0 fully saturated rings. The van der Waals surface area contributed by atoms with Gasteiger partial charge in [0.1, 0.15) is 5.15 Å². The highest BCUT2D eigenvalue weighted by Gasteiger charge is 2.09. The second kappa shape index (κ2) is 3.67. The van der Waals surface area contributed by atoms with Crippen molar-refractivity contribution in [1.82, 2.24) is 20.2 Å². The summed E-state index contributed by atoms with van der Waals surface area (Å²) >= 11 is 9.20. The van der Waals surface area contributed by atoms with Crippen LogP contribution in [0.2, 0.25) is 5.15 Å². The van der Waals surface area contributed by atoms with Gasteiger partial charge in [0.15, 0.2) is 5.82 Å². The van der Waals surface area contributed by atoms with E-state index in [4.69, 9.17) is 11.6 Å². The summed E-state index contributed by atoms with van der Waals surface area (Å²) in [6.45, 7) is 1.86. The van der Waals surface area contributed by atoms with Gasteiger partial charge in [0, 0.05) is 6.20 Å². The highest BCUT2D eigenvalue weighted by molar-refractivity contribution is 9.10. The summed E-state index contributed by atoms with van der Waals surface area (Å²) in [4.78, 5) is 8.40. The van der Waals surface area contributed by atoms with Crippen molar-refractivity contribution in [3.63, 3.8) is 0 Å². The van der Waals surface area contributed by atoms with Crippen molar-refractivity contribution in [3.05, 3.63) is 27.7 Å². The molecule has 0 aliphatic carbocycles. The second-order valence-corrected chi connectivity index (χ2v) is 3.88. The molecule has 0 saturated carbocycles. The first-order chi connectivity index (χ1) is 6.68. The van der Waals surface area contributed by atoms with E-state index < -0.39 is 0 Å². The average Bonchev–Trinajstić information content (AvgIpc) is 2.66. The third kappa shape index (κ3) is 1.65. The first-order valence-electron chi connectivity index (χ1n) is 3.87. The zero-order chi connectivity index (χ0) is 10.1. The number of nitrogens with zero attached hydrogens (tertiary/aromatic N) is 3. The summed E-state index contributed by atoms with van der Waals surface area (Å²) in [6, 6.07) is 0. The number of aromatic nitrogens is 4. The summed E-state index contributed by atoms with van der Waals surface area (Å²) in [6.07, 6.45) is 3.37. The van der Waals surface area contributed by atoms with Gasteiger partial charge in [0.2, 0.25) is 0 Å². The quantitative estimate of drug-likeness (QED) is 0.813. The minimum atomic E-state index is 0.411. The molecule has 0 bridgehead atoms. The maximum Gasteiger partial charge on any atom is 0.164 e. The number of hydrogen-bond donors (Lipinski definition) is 1. The number of rotatable bonds is 1. The van der Waals surface area contributed by atoms with E-state index in [9.17, 15) is 0 Å². The average molecular weight is 274 g/mol. The summed E-state index contributed by atoms with van der Waals surface area (Å²) in [7, 11) is 0. The van der Waals surface area contributed by atoms with E-state index in [2.05, 4.69) is 36.1 Å². The molecule has 0 unspecified atom stereocenters. The molecule has 0 spiro atoms. The Morgan fingerprint density at radius 1 is 1.43 bits per heavy atom. The summed E-state index contributed by atoms with van der Waals surface area (Å²) in [5.41, 5.74) is 1.63. The van der Waals surface area contributed by atoms with Crippen LogP contribution in [-0.2, 0) is 0 Å². The van der Waals surface area contributed by atoms with Gasteiger partial charge in [0.25, 0.3) is 0 Å². The van der Waals surface area contributed by atoms with Gasteiger partial charge in [-0.15, -0.1) is 0 Å². The van der Waals surface area contributed by atoms with Gasteiger partial charge in [-0.2, -0.15) is 5.10 Å². The van der Waals surface area contributed by atoms with Gasteiger partial charge < -0.3 is 0 Å². The van der Waals surface area contributed by atoms with Crippen LogP contribution in [0, 0.1) is 6.92 Å². The maximum atomic E-state index is 5.91. The van der Waals surface area contributed by atoms with Gasteiger partial charge in [-0.3, -0.25) is 5.10 Å². The Morgan fingerprint density at radius 3 is 2.79 bits per heavy atom. The normalized spacial score (nSPS) is 10.5. The lowest BCUT2D eigenvalue weighted by Gasteiger charge is -2.02. The van der Waals surface area contributed by atoms with Crippen LogP contribution in [0.3, 0.4) is 0 Å². The second-order valence-electron chi connectivity index (χ2n) is 2.72. The third-order valence-corrected chi connectivity index (χ3v) is 3.18. The van der Waals surface area contributed by atoms with Crippen LogP contribution in [0.15, 0.2) is 16.9 Å². The maximum absolute atomic E-state index is 5.91. The Balaban J connectivity index is 2.57. The lowest BCUT2D eigenvalue weighted by atomic mass is 10.3. The highest BCUT2D eigenvalue weighted by atomic mass is 79.9. The molecule has 2 heterocycles. The van der Waals surface area contributed by atoms with Gasteiger partial charge >= 0.3 is 0 Å². The minimum Gasteiger partial charge on any atom is -0.285 e. The van der Waals surface area contributed by atoms with Gasteiger partial charge in [-0.25, -0.2) is 9.97 Å². The van der Waals surface area contributed by atoms with Crippen LogP contribution in [-0.4, -0.2) is 20.2 Å². The smallest absolute Gasteiger partial charge is 0.164 e. The molecule has 1 N–H and O–H groups in total. The van der Waals surface area contributed by atoms with Gasteiger partial charge in [0.05, 0.1) is 21.9 Å². The fraction of sp³-hybridized carbons (Fsp3) is 0.125. The SMILES string of the molecule is Cc1nc(-c2cn[nH]c2)nc(Cl)c1Br. The van der Waals surface area contributed by atoms with Crippen LogP contribution >= 0.6 is 27.5 Å². The first-order valence-corrected chi connectivity index (χ1v) is 5.04. The summed E-state index contributed by atoms with van der Waals surface area (Å²) in [5.74, 6) is 0.574. The van der Waals surface area contributed by atoms with Crippen LogP contribution in [0.4, 0.5) is 0 Å². The Hall–Kier alpha value is -0.940. The molecule has 0 amide bonds. The van der Waals surface area contributed by atoms with E-state index in [1.807, 2.05) is 6.92 Å². The van der Waals surface area contributed by atoms with E-state index in [1.54, 1.807) is 12.4 Å². The molecule has 0 atom stereocenters. The van der Waals surface area contributed by atoms with Crippen molar-refractivity contribution in [2.24, 2.45) is 0 Å². The zero-order valence-corrected chi connectivity index (χ0v) is 9.59. The van der Waals surface area contributed by atoms with Crippen LogP contribution < -0.4 is 0 Å². The first kappa shape index (κ1) is 9.61. The van der Waals surface area contributed by atoms with Crippen molar-refractivity contribution >= 4 is 27.5 Å². The number of H-pyrrole nitrogens is 1. The van der Waals surface area contributed by atoms with Crippen molar-refractivity contribution < 1.29 is 0 Å². The molecule has 6 heteroatoms. The van der Waals surface area contributed by atoms with Crippen molar-refractivity contribution in [1.29, 1.82) is 0 Å². The predicted molar refractivity (Wildman–Crippen MR) is 57.1 cm³/mol. The van der Waals surface area contributed by atoms with Crippen LogP contribution in [0.5, 0.6) is 0 Å². The Kier molecular flexibility index (Phi) is 2.52. The molecular formula is C8H6BrClN4. The number of aryl methyl sites for hydroxylation is 1. The molecule has 2 aromatic heterocycles. The summed E-state index contributed by atoms with van der Waals surface area (Å²) in [5, 5.41) is 6.93. The monoisotopic (exact) mass is 272 g/mol. The lowest BCUT2D eigenvalue weighted by Crippen LogP contribution is -1.93. The zero-order valence-electron chi connectivity index (χ0n) is 7.25. The molecule has 2 aromatic rings. The van der Waals surface area contributed by atoms with E-state index in [-0.39, 0.29) is 0 Å². The van der Waals surface area contributed by atoms with Crippen LogP contribution in [0.25, 0.3) is 11.4 Å².